The maximum Gasteiger partial charge on any atom is 0.414 e. The van der Waals surface area contributed by atoms with Crippen molar-refractivity contribution in [1.82, 2.24) is 0 Å². The van der Waals surface area contributed by atoms with E-state index in [0.29, 0.717) is 5.56 Å². The van der Waals surface area contributed by atoms with Crippen molar-refractivity contribution in [1.29, 1.82) is 0 Å². The van der Waals surface area contributed by atoms with Gasteiger partial charge in [-0.3, -0.25) is 0 Å². The van der Waals surface area contributed by atoms with Crippen LogP contribution in [0.25, 0.3) is 0 Å². The Hall–Kier alpha value is -1.03. The molecule has 0 aliphatic rings. The molecule has 0 amide bonds. The van der Waals surface area contributed by atoms with E-state index < -0.39 is 12.3 Å². The molecule has 0 heterocycles. The van der Waals surface area contributed by atoms with Crippen molar-refractivity contribution in [3.8, 4) is 0 Å². The first kappa shape index (κ1) is 11.0. The van der Waals surface area contributed by atoms with Gasteiger partial charge in [0.1, 0.15) is 0 Å². The number of benzene rings is 1. The van der Waals surface area contributed by atoms with Crippen LogP contribution in [0.3, 0.4) is 0 Å². The van der Waals surface area contributed by atoms with Crippen LogP contribution in [0.2, 0.25) is 0 Å². The van der Waals surface area contributed by atoms with E-state index >= 15 is 0 Å². The smallest absolute Gasteiger partial charge is 0.383 e. The van der Waals surface area contributed by atoms with Crippen LogP contribution < -0.4 is 0 Å². The highest BCUT2D eigenvalue weighted by Crippen LogP contribution is 2.23. The SMILES string of the molecule is Cc1cccc(CC(O)C(F)(F)F)c1. The molecule has 0 spiro atoms. The van der Waals surface area contributed by atoms with Crippen LogP contribution in [0, 0.1) is 6.92 Å². The molecule has 1 rings (SSSR count). The quantitative estimate of drug-likeness (QED) is 0.784. The fraction of sp³-hybridized carbons (Fsp3) is 0.400. The topological polar surface area (TPSA) is 20.2 Å². The molecule has 0 saturated carbocycles. The molecule has 0 aromatic heterocycles. The van der Waals surface area contributed by atoms with E-state index in [9.17, 15) is 13.2 Å². The van der Waals surface area contributed by atoms with Crippen molar-refractivity contribution in [3.63, 3.8) is 0 Å². The van der Waals surface area contributed by atoms with Gasteiger partial charge in [0, 0.05) is 6.42 Å². The van der Waals surface area contributed by atoms with Crippen molar-refractivity contribution in [2.45, 2.75) is 25.6 Å². The van der Waals surface area contributed by atoms with Gasteiger partial charge < -0.3 is 5.11 Å². The van der Waals surface area contributed by atoms with Gasteiger partial charge in [-0.25, -0.2) is 0 Å². The van der Waals surface area contributed by atoms with E-state index in [2.05, 4.69) is 0 Å². The summed E-state index contributed by atoms with van der Waals surface area (Å²) >= 11 is 0. The minimum absolute atomic E-state index is 0.384. The molecule has 1 atom stereocenters. The summed E-state index contributed by atoms with van der Waals surface area (Å²) in [5.41, 5.74) is 1.38. The molecule has 0 saturated heterocycles. The Bertz CT molecular complexity index is 306. The van der Waals surface area contributed by atoms with E-state index in [-0.39, 0.29) is 6.42 Å². The molecular weight excluding hydrogens is 193 g/mol. The molecule has 1 unspecified atom stereocenters. The first-order valence-electron chi connectivity index (χ1n) is 4.20. The molecule has 0 bridgehead atoms. The maximum absolute atomic E-state index is 12.0. The number of aryl methyl sites for hydroxylation is 1. The Labute approximate surface area is 80.2 Å². The lowest BCUT2D eigenvalue weighted by molar-refractivity contribution is -0.203. The lowest BCUT2D eigenvalue weighted by atomic mass is 10.1. The van der Waals surface area contributed by atoms with Gasteiger partial charge in [0.25, 0.3) is 0 Å². The number of rotatable bonds is 2. The summed E-state index contributed by atoms with van der Waals surface area (Å²) in [5, 5.41) is 8.81. The number of aliphatic hydroxyl groups is 1. The molecule has 1 N–H and O–H groups in total. The van der Waals surface area contributed by atoms with E-state index in [0.717, 1.165) is 5.56 Å². The second kappa shape index (κ2) is 4.00. The van der Waals surface area contributed by atoms with Gasteiger partial charge in [-0.05, 0) is 12.5 Å². The van der Waals surface area contributed by atoms with Gasteiger partial charge in [0.05, 0.1) is 0 Å². The molecule has 0 aliphatic carbocycles. The molecule has 4 heteroatoms. The van der Waals surface area contributed by atoms with Gasteiger partial charge in [0.15, 0.2) is 6.10 Å². The Morgan fingerprint density at radius 1 is 1.36 bits per heavy atom. The van der Waals surface area contributed by atoms with Crippen molar-refractivity contribution in [2.75, 3.05) is 0 Å². The Balaban J connectivity index is 2.70. The average molecular weight is 204 g/mol. The van der Waals surface area contributed by atoms with Crippen molar-refractivity contribution >= 4 is 0 Å². The highest BCUT2D eigenvalue weighted by atomic mass is 19.4. The molecule has 1 nitrogen and oxygen atoms in total. The summed E-state index contributed by atoms with van der Waals surface area (Å²) in [6.45, 7) is 1.80. The lowest BCUT2D eigenvalue weighted by Crippen LogP contribution is -2.30. The molecule has 1 aromatic carbocycles. The zero-order valence-corrected chi connectivity index (χ0v) is 7.67. The summed E-state index contributed by atoms with van der Waals surface area (Å²) in [6, 6.07) is 6.67. The second-order valence-electron chi connectivity index (χ2n) is 3.25. The second-order valence-corrected chi connectivity index (χ2v) is 3.25. The minimum atomic E-state index is -4.54. The monoisotopic (exact) mass is 204 g/mol. The minimum Gasteiger partial charge on any atom is -0.383 e. The van der Waals surface area contributed by atoms with E-state index in [1.54, 1.807) is 31.2 Å². The largest absolute Gasteiger partial charge is 0.414 e. The molecule has 78 valence electrons. The first-order chi connectivity index (χ1) is 6.39. The van der Waals surface area contributed by atoms with E-state index in [1.807, 2.05) is 0 Å². The first-order valence-corrected chi connectivity index (χ1v) is 4.20. The van der Waals surface area contributed by atoms with Gasteiger partial charge in [-0.15, -0.1) is 0 Å². The third-order valence-corrected chi connectivity index (χ3v) is 1.89. The number of halogens is 3. The normalized spacial score (nSPS) is 14.1. The molecular formula is C10H11F3O. The van der Waals surface area contributed by atoms with Crippen LogP contribution in [-0.2, 0) is 6.42 Å². The molecule has 0 aliphatic heterocycles. The predicted molar refractivity (Wildman–Crippen MR) is 46.9 cm³/mol. The number of aliphatic hydroxyl groups excluding tert-OH is 1. The fourth-order valence-corrected chi connectivity index (χ4v) is 1.18. The van der Waals surface area contributed by atoms with Crippen LogP contribution in [0.1, 0.15) is 11.1 Å². The van der Waals surface area contributed by atoms with E-state index in [1.165, 1.54) is 0 Å². The van der Waals surface area contributed by atoms with Gasteiger partial charge >= 0.3 is 6.18 Å². The predicted octanol–water partition coefficient (Wildman–Crippen LogP) is 2.46. The van der Waals surface area contributed by atoms with Crippen LogP contribution in [-0.4, -0.2) is 17.4 Å². The van der Waals surface area contributed by atoms with Gasteiger partial charge in [-0.1, -0.05) is 29.8 Å². The van der Waals surface area contributed by atoms with Crippen molar-refractivity contribution in [3.05, 3.63) is 35.4 Å². The standard InChI is InChI=1S/C10H11F3O/c1-7-3-2-4-8(5-7)6-9(14)10(11,12)13/h2-5,9,14H,6H2,1H3. The van der Waals surface area contributed by atoms with E-state index in [4.69, 9.17) is 5.11 Å². The average Bonchev–Trinajstić information content (AvgIpc) is 2.02. The van der Waals surface area contributed by atoms with Gasteiger partial charge in [-0.2, -0.15) is 13.2 Å². The zero-order valence-electron chi connectivity index (χ0n) is 7.67. The lowest BCUT2D eigenvalue weighted by Gasteiger charge is -2.14. The van der Waals surface area contributed by atoms with Crippen LogP contribution in [0.5, 0.6) is 0 Å². The number of hydrogen-bond donors (Lipinski definition) is 1. The summed E-state index contributed by atoms with van der Waals surface area (Å²) in [7, 11) is 0. The Kier molecular flexibility index (Phi) is 3.16. The molecule has 0 radical (unpaired) electrons. The van der Waals surface area contributed by atoms with Crippen LogP contribution in [0.15, 0.2) is 24.3 Å². The third kappa shape index (κ3) is 3.03. The third-order valence-electron chi connectivity index (χ3n) is 1.89. The number of alkyl halides is 3. The maximum atomic E-state index is 12.0. The van der Waals surface area contributed by atoms with Crippen molar-refractivity contribution < 1.29 is 18.3 Å². The molecule has 14 heavy (non-hydrogen) atoms. The van der Waals surface area contributed by atoms with Crippen LogP contribution >= 0.6 is 0 Å². The van der Waals surface area contributed by atoms with Crippen LogP contribution in [0.4, 0.5) is 13.2 Å². The highest BCUT2D eigenvalue weighted by molar-refractivity contribution is 5.22. The zero-order chi connectivity index (χ0) is 10.8. The highest BCUT2D eigenvalue weighted by Gasteiger charge is 2.37. The summed E-state index contributed by atoms with van der Waals surface area (Å²) in [5.74, 6) is 0. The molecule has 1 aromatic rings. The Morgan fingerprint density at radius 3 is 2.50 bits per heavy atom. The summed E-state index contributed by atoms with van der Waals surface area (Å²) in [4.78, 5) is 0. The Morgan fingerprint density at radius 2 is 2.00 bits per heavy atom. The molecule has 0 fully saturated rings. The van der Waals surface area contributed by atoms with Gasteiger partial charge in [0.2, 0.25) is 0 Å². The number of hydrogen-bond acceptors (Lipinski definition) is 1. The summed E-state index contributed by atoms with van der Waals surface area (Å²) < 4.78 is 36.0. The summed E-state index contributed by atoms with van der Waals surface area (Å²) in [6.07, 6.45) is -7.20. The van der Waals surface area contributed by atoms with Crippen molar-refractivity contribution in [2.24, 2.45) is 0 Å². The fourth-order valence-electron chi connectivity index (χ4n) is 1.18.